The van der Waals surface area contributed by atoms with Crippen LogP contribution in [0.4, 0.5) is 0 Å². The first-order chi connectivity index (χ1) is 6.18. The second-order valence-corrected chi connectivity index (χ2v) is 4.00. The van der Waals surface area contributed by atoms with Gasteiger partial charge in [0.1, 0.15) is 0 Å². The molecule has 0 bridgehead atoms. The summed E-state index contributed by atoms with van der Waals surface area (Å²) in [5.41, 5.74) is 2.00. The Balaban J connectivity index is 2.08. The molecule has 1 aliphatic carbocycles. The van der Waals surface area contributed by atoms with E-state index in [0.717, 1.165) is 23.0 Å². The Morgan fingerprint density at radius 3 is 2.77 bits per heavy atom. The molecule has 0 aromatic carbocycles. The summed E-state index contributed by atoms with van der Waals surface area (Å²) in [6.07, 6.45) is 2.60. The molecular weight excluding hydrogens is 186 g/mol. The lowest BCUT2D eigenvalue weighted by atomic mass is 10.3. The highest BCUT2D eigenvalue weighted by atomic mass is 35.5. The molecule has 4 heteroatoms. The minimum absolute atomic E-state index is 0.714. The van der Waals surface area contributed by atoms with Crippen LogP contribution in [0.3, 0.4) is 0 Å². The van der Waals surface area contributed by atoms with Gasteiger partial charge in [0.05, 0.1) is 16.4 Å². The fourth-order valence-corrected chi connectivity index (χ4v) is 1.63. The molecule has 0 amide bonds. The van der Waals surface area contributed by atoms with E-state index >= 15 is 0 Å². The van der Waals surface area contributed by atoms with Gasteiger partial charge in [-0.1, -0.05) is 11.6 Å². The smallest absolute Gasteiger partial charge is 0.0860 e. The first kappa shape index (κ1) is 9.03. The molecule has 3 nitrogen and oxygen atoms in total. The van der Waals surface area contributed by atoms with E-state index in [2.05, 4.69) is 10.4 Å². The lowest BCUT2D eigenvalue weighted by molar-refractivity contribution is 0.622. The number of halogens is 1. The van der Waals surface area contributed by atoms with E-state index in [1.54, 1.807) is 0 Å². The molecule has 0 radical (unpaired) electrons. The molecule has 1 N–H and O–H groups in total. The monoisotopic (exact) mass is 199 g/mol. The fraction of sp³-hybridized carbons (Fsp3) is 0.667. The molecule has 1 heterocycles. The van der Waals surface area contributed by atoms with Crippen molar-refractivity contribution in [3.05, 3.63) is 16.4 Å². The lowest BCUT2D eigenvalue weighted by Gasteiger charge is -2.03. The topological polar surface area (TPSA) is 29.9 Å². The van der Waals surface area contributed by atoms with Crippen molar-refractivity contribution in [3.63, 3.8) is 0 Å². The number of aryl methyl sites for hydroxylation is 2. The molecule has 1 aromatic rings. The lowest BCUT2D eigenvalue weighted by Crippen LogP contribution is -2.17. The van der Waals surface area contributed by atoms with Crippen molar-refractivity contribution in [1.82, 2.24) is 15.1 Å². The first-order valence-electron chi connectivity index (χ1n) is 4.60. The van der Waals surface area contributed by atoms with Gasteiger partial charge in [0.25, 0.3) is 0 Å². The number of aromatic nitrogens is 2. The average molecular weight is 200 g/mol. The summed E-state index contributed by atoms with van der Waals surface area (Å²) < 4.78 is 1.85. The van der Waals surface area contributed by atoms with Gasteiger partial charge >= 0.3 is 0 Å². The highest BCUT2D eigenvalue weighted by Gasteiger charge is 2.21. The minimum atomic E-state index is 0.714. The molecule has 13 heavy (non-hydrogen) atoms. The summed E-state index contributed by atoms with van der Waals surface area (Å²) in [4.78, 5) is 0. The van der Waals surface area contributed by atoms with Gasteiger partial charge in [0.2, 0.25) is 0 Å². The Morgan fingerprint density at radius 1 is 1.62 bits per heavy atom. The zero-order valence-corrected chi connectivity index (χ0v) is 8.73. The summed E-state index contributed by atoms with van der Waals surface area (Å²) in [5.74, 6) is 0. The summed E-state index contributed by atoms with van der Waals surface area (Å²) >= 11 is 6.09. The average Bonchev–Trinajstić information content (AvgIpc) is 2.84. The Kier molecular flexibility index (Phi) is 2.30. The number of hydrogen-bond donors (Lipinski definition) is 1. The molecular formula is C9H14ClN3. The largest absolute Gasteiger partial charge is 0.308 e. The van der Waals surface area contributed by atoms with Crippen molar-refractivity contribution < 1.29 is 0 Å². The van der Waals surface area contributed by atoms with Gasteiger partial charge in [0, 0.05) is 19.6 Å². The van der Waals surface area contributed by atoms with Crippen molar-refractivity contribution in [2.45, 2.75) is 32.4 Å². The number of hydrogen-bond acceptors (Lipinski definition) is 2. The van der Waals surface area contributed by atoms with E-state index in [9.17, 15) is 0 Å². The van der Waals surface area contributed by atoms with Gasteiger partial charge in [-0.05, 0) is 19.8 Å². The van der Waals surface area contributed by atoms with Crippen LogP contribution in [0, 0.1) is 6.92 Å². The Morgan fingerprint density at radius 2 is 2.31 bits per heavy atom. The Labute approximate surface area is 83.1 Å². The van der Waals surface area contributed by atoms with Crippen molar-refractivity contribution in [2.24, 2.45) is 7.05 Å². The van der Waals surface area contributed by atoms with E-state index < -0.39 is 0 Å². The summed E-state index contributed by atoms with van der Waals surface area (Å²) in [5, 5.41) is 8.48. The van der Waals surface area contributed by atoms with Gasteiger partial charge in [-0.2, -0.15) is 5.10 Å². The number of nitrogens with zero attached hydrogens (tertiary/aromatic N) is 2. The summed E-state index contributed by atoms with van der Waals surface area (Å²) in [6, 6.07) is 0.714. The van der Waals surface area contributed by atoms with Crippen molar-refractivity contribution in [1.29, 1.82) is 0 Å². The van der Waals surface area contributed by atoms with E-state index in [0.29, 0.717) is 6.04 Å². The van der Waals surface area contributed by atoms with Crippen LogP contribution in [-0.4, -0.2) is 15.8 Å². The maximum absolute atomic E-state index is 6.09. The normalized spacial score (nSPS) is 16.5. The van der Waals surface area contributed by atoms with E-state index in [1.807, 2.05) is 18.7 Å². The second-order valence-electron chi connectivity index (χ2n) is 3.62. The SMILES string of the molecule is Cc1nn(C)c(CNC2CC2)c1Cl. The van der Waals surface area contributed by atoms with Gasteiger partial charge in [-0.15, -0.1) is 0 Å². The van der Waals surface area contributed by atoms with Crippen LogP contribution in [0.2, 0.25) is 5.02 Å². The molecule has 1 saturated carbocycles. The fourth-order valence-electron chi connectivity index (χ4n) is 1.40. The standard InChI is InChI=1S/C9H14ClN3/c1-6-9(10)8(13(2)12-6)5-11-7-3-4-7/h7,11H,3-5H2,1-2H3. The van der Waals surface area contributed by atoms with Crippen molar-refractivity contribution >= 4 is 11.6 Å². The second kappa shape index (κ2) is 3.31. The molecule has 0 atom stereocenters. The summed E-state index contributed by atoms with van der Waals surface area (Å²) in [6.45, 7) is 2.77. The van der Waals surface area contributed by atoms with Crippen molar-refractivity contribution in [3.8, 4) is 0 Å². The molecule has 1 aromatic heterocycles. The Hall–Kier alpha value is -0.540. The quantitative estimate of drug-likeness (QED) is 0.802. The van der Waals surface area contributed by atoms with Gasteiger partial charge in [-0.3, -0.25) is 4.68 Å². The summed E-state index contributed by atoms with van der Waals surface area (Å²) in [7, 11) is 1.93. The van der Waals surface area contributed by atoms with Crippen LogP contribution in [0.1, 0.15) is 24.2 Å². The van der Waals surface area contributed by atoms with Crippen LogP contribution >= 0.6 is 11.6 Å². The molecule has 0 aliphatic heterocycles. The van der Waals surface area contributed by atoms with Crippen LogP contribution < -0.4 is 5.32 Å². The Bertz CT molecular complexity index is 315. The number of rotatable bonds is 3. The van der Waals surface area contributed by atoms with Gasteiger partial charge < -0.3 is 5.32 Å². The molecule has 0 spiro atoms. The van der Waals surface area contributed by atoms with Crippen LogP contribution in [0.15, 0.2) is 0 Å². The maximum Gasteiger partial charge on any atom is 0.0860 e. The zero-order valence-electron chi connectivity index (χ0n) is 7.97. The van der Waals surface area contributed by atoms with Gasteiger partial charge in [0.15, 0.2) is 0 Å². The van der Waals surface area contributed by atoms with Gasteiger partial charge in [-0.25, -0.2) is 0 Å². The molecule has 1 aliphatic rings. The minimum Gasteiger partial charge on any atom is -0.308 e. The maximum atomic E-state index is 6.09. The highest BCUT2D eigenvalue weighted by molar-refractivity contribution is 6.31. The predicted octanol–water partition coefficient (Wildman–Crippen LogP) is 1.63. The third-order valence-corrected chi connectivity index (χ3v) is 2.89. The van der Waals surface area contributed by atoms with Crippen molar-refractivity contribution in [2.75, 3.05) is 0 Å². The van der Waals surface area contributed by atoms with E-state index in [4.69, 9.17) is 11.6 Å². The third kappa shape index (κ3) is 1.86. The highest BCUT2D eigenvalue weighted by Crippen LogP contribution is 2.22. The predicted molar refractivity (Wildman–Crippen MR) is 52.8 cm³/mol. The third-order valence-electron chi connectivity index (χ3n) is 2.40. The van der Waals surface area contributed by atoms with Crippen LogP contribution in [-0.2, 0) is 13.6 Å². The van der Waals surface area contributed by atoms with E-state index in [1.165, 1.54) is 12.8 Å². The van der Waals surface area contributed by atoms with Crippen LogP contribution in [0.5, 0.6) is 0 Å². The molecule has 2 rings (SSSR count). The first-order valence-corrected chi connectivity index (χ1v) is 4.97. The molecule has 0 unspecified atom stereocenters. The zero-order chi connectivity index (χ0) is 9.42. The van der Waals surface area contributed by atoms with Crippen LogP contribution in [0.25, 0.3) is 0 Å². The molecule has 0 saturated heterocycles. The molecule has 72 valence electrons. The number of nitrogens with one attached hydrogen (secondary N) is 1. The van der Waals surface area contributed by atoms with E-state index in [-0.39, 0.29) is 0 Å². The molecule has 1 fully saturated rings.